The molecule has 0 bridgehead atoms. The van der Waals surface area contributed by atoms with Crippen molar-refractivity contribution in [2.45, 2.75) is 82.0 Å². The number of nitrogen functional groups attached to an aromatic ring is 1. The second-order valence-corrected chi connectivity index (χ2v) is 12.4. The number of anilines is 2. The summed E-state index contributed by atoms with van der Waals surface area (Å²) in [5, 5.41) is 14.7. The Morgan fingerprint density at radius 3 is 2.81 bits per heavy atom. The first-order valence-corrected chi connectivity index (χ1v) is 15.3. The second kappa shape index (κ2) is 10.5. The van der Waals surface area contributed by atoms with Crippen LogP contribution >= 0.6 is 0 Å². The molecular weight excluding hydrogens is 530 g/mol. The number of nitriles is 1. The highest BCUT2D eigenvalue weighted by Crippen LogP contribution is 2.54. The van der Waals surface area contributed by atoms with Crippen LogP contribution in [0.3, 0.4) is 0 Å². The zero-order valence-corrected chi connectivity index (χ0v) is 24.7. The van der Waals surface area contributed by atoms with Gasteiger partial charge in [0.1, 0.15) is 18.0 Å². The summed E-state index contributed by atoms with van der Waals surface area (Å²) in [6.07, 6.45) is 7.81. The zero-order valence-electron chi connectivity index (χ0n) is 24.7. The topological polar surface area (TPSA) is 127 Å². The Hall–Kier alpha value is -3.68. The number of fused-ring (bicyclic) bond motifs is 4. The van der Waals surface area contributed by atoms with Gasteiger partial charge in [0.2, 0.25) is 5.88 Å². The number of hydrogen-bond donors (Lipinski definition) is 1. The number of aryl methyl sites for hydroxylation is 1. The Labute approximate surface area is 246 Å². The van der Waals surface area contributed by atoms with Crippen LogP contribution in [0.2, 0.25) is 0 Å². The van der Waals surface area contributed by atoms with Crippen LogP contribution in [-0.2, 0) is 23.0 Å². The molecule has 220 valence electrons. The number of methoxy groups -OCH3 is 1. The quantitative estimate of drug-likeness (QED) is 0.431. The van der Waals surface area contributed by atoms with Crippen molar-refractivity contribution in [3.8, 4) is 23.5 Å². The summed E-state index contributed by atoms with van der Waals surface area (Å²) < 4.78 is 18.4. The van der Waals surface area contributed by atoms with Gasteiger partial charge in [-0.3, -0.25) is 4.90 Å². The summed E-state index contributed by atoms with van der Waals surface area (Å²) in [6, 6.07) is 8.60. The van der Waals surface area contributed by atoms with Crippen molar-refractivity contribution in [1.82, 2.24) is 20.0 Å². The number of likely N-dealkylation sites (tertiary alicyclic amines) is 1. The number of rotatable bonds is 6. The monoisotopic (exact) mass is 569 g/mol. The van der Waals surface area contributed by atoms with Gasteiger partial charge < -0.3 is 24.6 Å². The molecule has 4 heterocycles. The average Bonchev–Trinajstić information content (AvgIpc) is 3.80. The lowest BCUT2D eigenvalue weighted by atomic mass is 9.68. The number of aromatic nitrogens is 3. The summed E-state index contributed by atoms with van der Waals surface area (Å²) in [5.74, 6) is 2.72. The van der Waals surface area contributed by atoms with Gasteiger partial charge in [0.05, 0.1) is 17.1 Å². The Balaban J connectivity index is 1.30. The minimum atomic E-state index is -0.409. The fraction of sp³-hybridized carbons (Fsp3) is 0.562. The molecule has 10 heteroatoms. The first-order chi connectivity index (χ1) is 20.4. The smallest absolute Gasteiger partial charge is 0.219 e. The van der Waals surface area contributed by atoms with Crippen LogP contribution in [0, 0.1) is 11.3 Å². The highest BCUT2D eigenvalue weighted by Gasteiger charge is 2.49. The number of hydrogen-bond acceptors (Lipinski definition) is 10. The maximum Gasteiger partial charge on any atom is 0.219 e. The van der Waals surface area contributed by atoms with Gasteiger partial charge in [-0.05, 0) is 89.1 Å². The van der Waals surface area contributed by atoms with Crippen LogP contribution in [0.4, 0.5) is 11.5 Å². The van der Waals surface area contributed by atoms with E-state index < -0.39 is 5.41 Å². The molecule has 7 rings (SSSR count). The van der Waals surface area contributed by atoms with Crippen molar-refractivity contribution >= 4 is 11.5 Å². The molecule has 2 saturated heterocycles. The molecule has 1 spiro atoms. The Morgan fingerprint density at radius 1 is 1.17 bits per heavy atom. The maximum absolute atomic E-state index is 10.1. The highest BCUT2D eigenvalue weighted by molar-refractivity contribution is 5.68. The zero-order chi connectivity index (χ0) is 29.0. The molecule has 42 heavy (non-hydrogen) atoms. The van der Waals surface area contributed by atoms with E-state index in [-0.39, 0.29) is 12.2 Å². The normalized spacial score (nSPS) is 25.9. The van der Waals surface area contributed by atoms with Crippen molar-refractivity contribution in [1.29, 1.82) is 5.26 Å². The van der Waals surface area contributed by atoms with Crippen LogP contribution in [0.25, 0.3) is 11.5 Å². The van der Waals surface area contributed by atoms with E-state index in [0.717, 1.165) is 87.3 Å². The van der Waals surface area contributed by atoms with Crippen LogP contribution < -0.4 is 15.4 Å². The third kappa shape index (κ3) is 4.33. The van der Waals surface area contributed by atoms with Gasteiger partial charge in [-0.15, -0.1) is 0 Å². The Bertz CT molecular complexity index is 1550. The average molecular weight is 570 g/mol. The van der Waals surface area contributed by atoms with E-state index in [1.165, 1.54) is 12.0 Å². The first kappa shape index (κ1) is 27.2. The lowest BCUT2D eigenvalue weighted by Gasteiger charge is -2.33. The summed E-state index contributed by atoms with van der Waals surface area (Å²) >= 11 is 0. The third-order valence-corrected chi connectivity index (χ3v) is 10.1. The molecule has 1 aromatic carbocycles. The van der Waals surface area contributed by atoms with Crippen molar-refractivity contribution in [3.05, 3.63) is 46.2 Å². The molecule has 0 radical (unpaired) electrons. The molecule has 2 aliphatic carbocycles. The first-order valence-electron chi connectivity index (χ1n) is 15.3. The van der Waals surface area contributed by atoms with Crippen LogP contribution in [0.1, 0.15) is 73.5 Å². The molecule has 0 unspecified atom stereocenters. The van der Waals surface area contributed by atoms with Gasteiger partial charge in [0, 0.05) is 43.6 Å². The van der Waals surface area contributed by atoms with Crippen molar-refractivity contribution in [3.63, 3.8) is 0 Å². The summed E-state index contributed by atoms with van der Waals surface area (Å²) in [4.78, 5) is 14.6. The molecule has 2 N–H and O–H groups in total. The molecule has 4 atom stereocenters. The summed E-state index contributed by atoms with van der Waals surface area (Å²) in [7, 11) is 3.92. The fourth-order valence-corrected chi connectivity index (χ4v) is 7.93. The fourth-order valence-electron chi connectivity index (χ4n) is 7.93. The molecule has 10 nitrogen and oxygen atoms in total. The molecule has 2 aliphatic heterocycles. The van der Waals surface area contributed by atoms with Crippen molar-refractivity contribution in [2.75, 3.05) is 44.4 Å². The molecule has 2 aromatic heterocycles. The lowest BCUT2D eigenvalue weighted by molar-refractivity contribution is 0.117. The molecule has 4 aliphatic rings. The third-order valence-electron chi connectivity index (χ3n) is 10.1. The minimum Gasteiger partial charge on any atom is -0.473 e. The van der Waals surface area contributed by atoms with Gasteiger partial charge in [0.15, 0.2) is 17.3 Å². The van der Waals surface area contributed by atoms with Crippen molar-refractivity contribution in [2.24, 2.45) is 0 Å². The molecule has 0 saturated carbocycles. The highest BCUT2D eigenvalue weighted by atomic mass is 16.5. The van der Waals surface area contributed by atoms with Gasteiger partial charge in [0.25, 0.3) is 0 Å². The van der Waals surface area contributed by atoms with E-state index in [0.29, 0.717) is 34.7 Å². The SMILES string of the molecule is CO[C@@H]1CCN(c2cc(O[C@@H](C)[C@@H]3CCCN3C)nc(-c3noc4c3CCC[C@@]43CCc4ccc(N)c(C#N)c43)n2)C1. The van der Waals surface area contributed by atoms with Crippen LogP contribution in [0.5, 0.6) is 5.88 Å². The number of nitrogens with zero attached hydrogens (tertiary/aromatic N) is 6. The predicted molar refractivity (Wildman–Crippen MR) is 159 cm³/mol. The number of ether oxygens (including phenoxy) is 2. The Morgan fingerprint density at radius 2 is 2.05 bits per heavy atom. The second-order valence-electron chi connectivity index (χ2n) is 12.4. The molecule has 3 aromatic rings. The van der Waals surface area contributed by atoms with E-state index in [9.17, 15) is 5.26 Å². The maximum atomic E-state index is 10.1. The number of likely N-dealkylation sites (N-methyl/N-ethyl adjacent to an activating group) is 1. The molecule has 0 amide bonds. The molecule has 2 fully saturated rings. The summed E-state index contributed by atoms with van der Waals surface area (Å²) in [5.41, 5.74) is 10.9. The van der Waals surface area contributed by atoms with Crippen LogP contribution in [-0.4, -0.2) is 72.1 Å². The van der Waals surface area contributed by atoms with Gasteiger partial charge in [-0.2, -0.15) is 10.2 Å². The van der Waals surface area contributed by atoms with Crippen molar-refractivity contribution < 1.29 is 14.0 Å². The van der Waals surface area contributed by atoms with Gasteiger partial charge >= 0.3 is 0 Å². The van der Waals surface area contributed by atoms with E-state index in [1.54, 1.807) is 7.11 Å². The van der Waals surface area contributed by atoms with Gasteiger partial charge in [-0.1, -0.05) is 11.2 Å². The number of benzene rings is 1. The standard InChI is InChI=1S/C32H39N7O3/c1-19(25-7-5-14-38(25)2)41-27-16-26(39-15-11-21(18-39)40-3)35-31(36-27)29-22-6-4-12-32(30(22)42-37-29)13-10-20-8-9-24(34)23(17-33)28(20)32/h8-9,16,19,21,25H,4-7,10-15,18,34H2,1-3H3/t19-,21+,25-,32-/m0/s1. The van der Waals surface area contributed by atoms with Crippen LogP contribution in [0.15, 0.2) is 22.7 Å². The predicted octanol–water partition coefficient (Wildman–Crippen LogP) is 4.24. The number of nitrogens with two attached hydrogens (primary N) is 1. The lowest BCUT2D eigenvalue weighted by Crippen LogP contribution is -2.38. The molecular formula is C32H39N7O3. The van der Waals surface area contributed by atoms with E-state index in [2.05, 4.69) is 41.1 Å². The Kier molecular flexibility index (Phi) is 6.82. The van der Waals surface area contributed by atoms with Gasteiger partial charge in [-0.25, -0.2) is 4.98 Å². The minimum absolute atomic E-state index is 0.0160. The summed E-state index contributed by atoms with van der Waals surface area (Å²) in [6.45, 7) is 4.83. The van der Waals surface area contributed by atoms with E-state index in [1.807, 2.05) is 12.1 Å². The largest absolute Gasteiger partial charge is 0.473 e. The van der Waals surface area contributed by atoms with E-state index >= 15 is 0 Å². The van der Waals surface area contributed by atoms with E-state index in [4.69, 9.17) is 29.7 Å².